The van der Waals surface area contributed by atoms with Crippen molar-refractivity contribution in [2.45, 2.75) is 32.1 Å². The number of likely N-dealkylation sites (tertiary alicyclic amines) is 1. The van der Waals surface area contributed by atoms with Gasteiger partial charge in [-0.3, -0.25) is 4.79 Å². The van der Waals surface area contributed by atoms with Gasteiger partial charge in [0, 0.05) is 18.7 Å². The van der Waals surface area contributed by atoms with Gasteiger partial charge in [0.05, 0.1) is 5.41 Å². The zero-order valence-electron chi connectivity index (χ0n) is 13.6. The predicted octanol–water partition coefficient (Wildman–Crippen LogP) is 2.98. The van der Waals surface area contributed by atoms with Crippen LogP contribution in [0.4, 0.5) is 4.39 Å². The van der Waals surface area contributed by atoms with Gasteiger partial charge in [0.25, 0.3) is 0 Å². The van der Waals surface area contributed by atoms with Crippen LogP contribution in [0.5, 0.6) is 0 Å². The van der Waals surface area contributed by atoms with Crippen molar-refractivity contribution >= 4 is 18.3 Å². The molecule has 0 aliphatic carbocycles. The smallest absolute Gasteiger partial charge is 0.232 e. The summed E-state index contributed by atoms with van der Waals surface area (Å²) in [5.74, 6) is 0.206. The van der Waals surface area contributed by atoms with E-state index in [1.165, 1.54) is 6.07 Å². The van der Waals surface area contributed by atoms with E-state index >= 15 is 0 Å². The van der Waals surface area contributed by atoms with E-state index < -0.39 is 5.41 Å². The molecule has 5 heteroatoms. The lowest BCUT2D eigenvalue weighted by Gasteiger charge is -2.38. The van der Waals surface area contributed by atoms with Crippen LogP contribution in [0, 0.1) is 11.7 Å². The summed E-state index contributed by atoms with van der Waals surface area (Å²) in [6, 6.07) is 6.57. The molecule has 1 N–H and O–H groups in total. The third-order valence-corrected chi connectivity index (χ3v) is 4.38. The van der Waals surface area contributed by atoms with Crippen LogP contribution >= 0.6 is 12.4 Å². The molecule has 1 saturated heterocycles. The first-order valence-electron chi connectivity index (χ1n) is 7.65. The van der Waals surface area contributed by atoms with Crippen molar-refractivity contribution in [1.29, 1.82) is 0 Å². The molecule has 0 bridgehead atoms. The van der Waals surface area contributed by atoms with Gasteiger partial charge in [0.2, 0.25) is 5.91 Å². The number of amides is 1. The largest absolute Gasteiger partial charge is 0.342 e. The van der Waals surface area contributed by atoms with E-state index in [0.29, 0.717) is 11.5 Å². The fourth-order valence-corrected chi connectivity index (χ4v) is 3.18. The highest BCUT2D eigenvalue weighted by Gasteiger charge is 2.37. The van der Waals surface area contributed by atoms with Crippen molar-refractivity contribution in [2.24, 2.45) is 5.92 Å². The van der Waals surface area contributed by atoms with Gasteiger partial charge in [-0.25, -0.2) is 4.39 Å². The Bertz CT molecular complexity index is 505. The van der Waals surface area contributed by atoms with Crippen LogP contribution < -0.4 is 5.32 Å². The van der Waals surface area contributed by atoms with Gasteiger partial charge in [0.1, 0.15) is 5.82 Å². The molecule has 124 valence electrons. The molecule has 1 aliphatic heterocycles. The summed E-state index contributed by atoms with van der Waals surface area (Å²) in [7, 11) is 1.93. The first-order valence-corrected chi connectivity index (χ1v) is 7.65. The minimum Gasteiger partial charge on any atom is -0.342 e. The highest BCUT2D eigenvalue weighted by Crippen LogP contribution is 2.29. The van der Waals surface area contributed by atoms with Crippen molar-refractivity contribution < 1.29 is 9.18 Å². The Balaban J connectivity index is 0.00000242. The second kappa shape index (κ2) is 7.93. The molecular weight excluding hydrogens is 303 g/mol. The van der Waals surface area contributed by atoms with Gasteiger partial charge in [-0.15, -0.1) is 12.4 Å². The molecule has 1 unspecified atom stereocenters. The summed E-state index contributed by atoms with van der Waals surface area (Å²) >= 11 is 0. The van der Waals surface area contributed by atoms with Gasteiger partial charge in [-0.1, -0.05) is 18.2 Å². The first kappa shape index (κ1) is 18.9. The van der Waals surface area contributed by atoms with E-state index in [0.717, 1.165) is 32.5 Å². The van der Waals surface area contributed by atoms with Gasteiger partial charge in [-0.05, 0) is 52.3 Å². The number of carbonyl (C=O) groups excluding carboxylic acids is 1. The van der Waals surface area contributed by atoms with E-state index in [9.17, 15) is 9.18 Å². The van der Waals surface area contributed by atoms with Crippen LogP contribution in [0.1, 0.15) is 32.3 Å². The third-order valence-electron chi connectivity index (χ3n) is 4.38. The van der Waals surface area contributed by atoms with Crippen molar-refractivity contribution in [2.75, 3.05) is 26.7 Å². The summed E-state index contributed by atoms with van der Waals surface area (Å²) in [4.78, 5) is 14.8. The van der Waals surface area contributed by atoms with Gasteiger partial charge in [0.15, 0.2) is 0 Å². The van der Waals surface area contributed by atoms with Gasteiger partial charge in [-0.2, -0.15) is 0 Å². The van der Waals surface area contributed by atoms with Crippen molar-refractivity contribution in [3.05, 3.63) is 35.6 Å². The zero-order valence-corrected chi connectivity index (χ0v) is 14.4. The third kappa shape index (κ3) is 3.99. The Kier molecular flexibility index (Phi) is 6.82. The molecule has 0 aromatic heterocycles. The van der Waals surface area contributed by atoms with E-state index in [4.69, 9.17) is 0 Å². The highest BCUT2D eigenvalue weighted by atomic mass is 35.5. The maximum absolute atomic E-state index is 14.0. The monoisotopic (exact) mass is 328 g/mol. The topological polar surface area (TPSA) is 32.3 Å². The average Bonchev–Trinajstić information content (AvgIpc) is 2.47. The Hall–Kier alpha value is -1.13. The van der Waals surface area contributed by atoms with Crippen LogP contribution in [-0.2, 0) is 10.2 Å². The molecule has 1 aromatic rings. The Morgan fingerprint density at radius 1 is 1.41 bits per heavy atom. The average molecular weight is 329 g/mol. The fourth-order valence-electron chi connectivity index (χ4n) is 3.18. The van der Waals surface area contributed by atoms with Crippen molar-refractivity contribution in [3.63, 3.8) is 0 Å². The standard InChI is InChI=1S/C17H25FN2O.ClH/c1-17(2,14-8-4-5-9-15(14)18)16(21)20-10-6-7-13(12-20)11-19-3;/h4-5,8-9,13,19H,6-7,10-12H2,1-3H3;1H. The Morgan fingerprint density at radius 2 is 2.09 bits per heavy atom. The van der Waals surface area contributed by atoms with Crippen LogP contribution in [0.2, 0.25) is 0 Å². The summed E-state index contributed by atoms with van der Waals surface area (Å²) < 4.78 is 14.0. The second-order valence-electron chi connectivity index (χ2n) is 6.42. The predicted molar refractivity (Wildman–Crippen MR) is 89.9 cm³/mol. The van der Waals surface area contributed by atoms with Crippen LogP contribution in [0.3, 0.4) is 0 Å². The molecule has 22 heavy (non-hydrogen) atoms. The van der Waals surface area contributed by atoms with E-state index in [-0.39, 0.29) is 24.1 Å². The van der Waals surface area contributed by atoms with E-state index in [1.54, 1.807) is 18.2 Å². The lowest BCUT2D eigenvalue weighted by molar-refractivity contribution is -0.138. The number of piperidine rings is 1. The van der Waals surface area contributed by atoms with Gasteiger partial charge >= 0.3 is 0 Å². The maximum Gasteiger partial charge on any atom is 0.232 e. The summed E-state index contributed by atoms with van der Waals surface area (Å²) in [6.07, 6.45) is 2.16. The molecule has 0 saturated carbocycles. The van der Waals surface area contributed by atoms with E-state index in [1.807, 2.05) is 25.8 Å². The summed E-state index contributed by atoms with van der Waals surface area (Å²) in [6.45, 7) is 6.09. The number of hydrogen-bond acceptors (Lipinski definition) is 2. The number of nitrogens with one attached hydrogen (secondary N) is 1. The first-order chi connectivity index (χ1) is 9.96. The van der Waals surface area contributed by atoms with Crippen LogP contribution in [0.15, 0.2) is 24.3 Å². The highest BCUT2D eigenvalue weighted by molar-refractivity contribution is 5.87. The molecule has 2 rings (SSSR count). The minimum atomic E-state index is -0.827. The molecule has 1 aliphatic rings. The molecule has 1 amide bonds. The number of benzene rings is 1. The molecule has 3 nitrogen and oxygen atoms in total. The molecule has 0 spiro atoms. The number of rotatable bonds is 4. The molecule has 1 atom stereocenters. The second-order valence-corrected chi connectivity index (χ2v) is 6.42. The number of nitrogens with zero attached hydrogens (tertiary/aromatic N) is 1. The molecule has 1 heterocycles. The molecule has 1 aromatic carbocycles. The van der Waals surface area contributed by atoms with Crippen molar-refractivity contribution in [1.82, 2.24) is 10.2 Å². The minimum absolute atomic E-state index is 0. The molecular formula is C17H26ClFN2O. The number of carbonyl (C=O) groups is 1. The van der Waals surface area contributed by atoms with Crippen LogP contribution in [0.25, 0.3) is 0 Å². The number of halogens is 2. The lowest BCUT2D eigenvalue weighted by atomic mass is 9.82. The quantitative estimate of drug-likeness (QED) is 0.921. The van der Waals surface area contributed by atoms with E-state index in [2.05, 4.69) is 5.32 Å². The van der Waals surface area contributed by atoms with Gasteiger partial charge < -0.3 is 10.2 Å². The normalized spacial score (nSPS) is 18.7. The number of hydrogen-bond donors (Lipinski definition) is 1. The molecule has 0 radical (unpaired) electrons. The Labute approximate surface area is 138 Å². The SMILES string of the molecule is CNCC1CCCN(C(=O)C(C)(C)c2ccccc2F)C1.Cl. The fraction of sp³-hybridized carbons (Fsp3) is 0.588. The summed E-state index contributed by atoms with van der Waals surface area (Å²) in [5.41, 5.74) is -0.349. The van der Waals surface area contributed by atoms with Crippen molar-refractivity contribution in [3.8, 4) is 0 Å². The molecule has 1 fully saturated rings. The summed E-state index contributed by atoms with van der Waals surface area (Å²) in [5, 5.41) is 3.18. The maximum atomic E-state index is 14.0. The zero-order chi connectivity index (χ0) is 15.5. The van der Waals surface area contributed by atoms with Crippen LogP contribution in [-0.4, -0.2) is 37.5 Å². The lowest BCUT2D eigenvalue weighted by Crippen LogP contribution is -2.49. The Morgan fingerprint density at radius 3 is 2.73 bits per heavy atom.